The molecule has 8 heteroatoms. The molecule has 2 heterocycles. The Morgan fingerprint density at radius 3 is 2.46 bits per heavy atom. The first kappa shape index (κ1) is 14.6. The maximum atomic E-state index is 11.5. The molecule has 0 bridgehead atoms. The molecule has 0 atom stereocenters. The lowest BCUT2D eigenvalue weighted by molar-refractivity contribution is 0.0988. The highest BCUT2D eigenvalue weighted by Gasteiger charge is 2.18. The fourth-order valence-electron chi connectivity index (χ4n) is 2.40. The molecule has 24 heavy (non-hydrogen) atoms. The summed E-state index contributed by atoms with van der Waals surface area (Å²) in [5.74, 6) is 0.197. The number of hydrogen-bond acceptors (Lipinski definition) is 5. The molecule has 2 aromatic heterocycles. The summed E-state index contributed by atoms with van der Waals surface area (Å²) in [4.78, 5) is 11.5. The van der Waals surface area contributed by atoms with E-state index in [0.717, 1.165) is 15.2 Å². The first-order valence-corrected chi connectivity index (χ1v) is 7.80. The Morgan fingerprint density at radius 2 is 1.75 bits per heavy atom. The number of carbonyl (C=O) groups excluding carboxylic acids is 1. The number of fused-ring (bicyclic) bond motifs is 3. The van der Waals surface area contributed by atoms with Gasteiger partial charge < -0.3 is 10.5 Å². The van der Waals surface area contributed by atoms with Gasteiger partial charge in [0.05, 0.1) is 0 Å². The third-order valence-corrected chi connectivity index (χ3v) is 4.01. The van der Waals surface area contributed by atoms with E-state index in [9.17, 15) is 4.79 Å². The van der Waals surface area contributed by atoms with Gasteiger partial charge in [-0.2, -0.15) is 4.52 Å². The number of primary amides is 1. The van der Waals surface area contributed by atoms with Crippen molar-refractivity contribution in [1.29, 1.82) is 0 Å². The van der Waals surface area contributed by atoms with E-state index in [2.05, 4.69) is 31.2 Å². The number of nitrogens with two attached hydrogens (primary N) is 1. The summed E-state index contributed by atoms with van der Waals surface area (Å²) >= 11 is 3.38. The zero-order valence-electron chi connectivity index (χ0n) is 12.2. The van der Waals surface area contributed by atoms with Crippen LogP contribution < -0.4 is 10.5 Å². The summed E-state index contributed by atoms with van der Waals surface area (Å²) in [5, 5.41) is 13.7. The molecule has 0 unspecified atom stereocenters. The minimum Gasteiger partial charge on any atom is -0.437 e. The van der Waals surface area contributed by atoms with Crippen molar-refractivity contribution in [2.24, 2.45) is 5.73 Å². The van der Waals surface area contributed by atoms with Gasteiger partial charge in [0, 0.05) is 15.2 Å². The molecule has 0 saturated heterocycles. The standard InChI is InChI=1S/C16H10BrN5O2/c17-9-5-7-10(8-6-9)24-16-12-4-2-1-3-11(12)14-19-20-15(13(18)23)22(14)21-16/h1-8H,(H2,18,23). The molecule has 0 aliphatic carbocycles. The third kappa shape index (κ3) is 2.37. The molecule has 0 aliphatic rings. The van der Waals surface area contributed by atoms with Crippen molar-refractivity contribution in [2.75, 3.05) is 0 Å². The van der Waals surface area contributed by atoms with Gasteiger partial charge in [-0.05, 0) is 30.3 Å². The normalized spacial score (nSPS) is 11.0. The van der Waals surface area contributed by atoms with Crippen LogP contribution in [0.15, 0.2) is 53.0 Å². The van der Waals surface area contributed by atoms with Crippen molar-refractivity contribution < 1.29 is 9.53 Å². The molecule has 2 aromatic carbocycles. The highest BCUT2D eigenvalue weighted by molar-refractivity contribution is 9.10. The van der Waals surface area contributed by atoms with Crippen LogP contribution >= 0.6 is 15.9 Å². The van der Waals surface area contributed by atoms with E-state index in [1.54, 1.807) is 0 Å². The Bertz CT molecular complexity index is 1080. The molecule has 2 N–H and O–H groups in total. The van der Waals surface area contributed by atoms with Gasteiger partial charge in [-0.3, -0.25) is 4.79 Å². The number of rotatable bonds is 3. The lowest BCUT2D eigenvalue weighted by atomic mass is 10.2. The fourth-order valence-corrected chi connectivity index (χ4v) is 2.66. The van der Waals surface area contributed by atoms with Gasteiger partial charge in [-0.15, -0.1) is 15.3 Å². The van der Waals surface area contributed by atoms with Crippen molar-refractivity contribution in [2.45, 2.75) is 0 Å². The number of benzene rings is 2. The van der Waals surface area contributed by atoms with Crippen LogP contribution in [-0.4, -0.2) is 25.7 Å². The molecule has 0 aliphatic heterocycles. The van der Waals surface area contributed by atoms with Crippen LogP contribution in [0.5, 0.6) is 11.6 Å². The topological polar surface area (TPSA) is 95.4 Å². The van der Waals surface area contributed by atoms with Gasteiger partial charge in [0.2, 0.25) is 11.7 Å². The van der Waals surface area contributed by atoms with Crippen molar-refractivity contribution in [3.05, 3.63) is 58.8 Å². The van der Waals surface area contributed by atoms with Gasteiger partial charge in [0.25, 0.3) is 5.91 Å². The van der Waals surface area contributed by atoms with E-state index < -0.39 is 5.91 Å². The molecule has 118 valence electrons. The van der Waals surface area contributed by atoms with E-state index in [1.165, 1.54) is 4.52 Å². The number of halogens is 1. The van der Waals surface area contributed by atoms with E-state index in [0.29, 0.717) is 17.3 Å². The van der Waals surface area contributed by atoms with Crippen LogP contribution in [0.25, 0.3) is 16.4 Å². The SMILES string of the molecule is NC(=O)c1nnc2c3ccccc3c(Oc3ccc(Br)cc3)nn12. The van der Waals surface area contributed by atoms with Crippen molar-refractivity contribution in [3.63, 3.8) is 0 Å². The van der Waals surface area contributed by atoms with Gasteiger partial charge in [-0.25, -0.2) is 0 Å². The number of aromatic nitrogens is 4. The van der Waals surface area contributed by atoms with Gasteiger partial charge in [0.15, 0.2) is 5.65 Å². The summed E-state index contributed by atoms with van der Waals surface area (Å²) in [6.07, 6.45) is 0. The lowest BCUT2D eigenvalue weighted by Crippen LogP contribution is -2.16. The van der Waals surface area contributed by atoms with Crippen LogP contribution in [-0.2, 0) is 0 Å². The van der Waals surface area contributed by atoms with Crippen LogP contribution in [0.2, 0.25) is 0 Å². The molecule has 4 rings (SSSR count). The minimum absolute atomic E-state index is 0.0450. The summed E-state index contributed by atoms with van der Waals surface area (Å²) in [5.41, 5.74) is 5.79. The first-order valence-electron chi connectivity index (χ1n) is 7.01. The predicted octanol–water partition coefficient (Wildman–Crippen LogP) is 2.93. The third-order valence-electron chi connectivity index (χ3n) is 3.48. The average Bonchev–Trinajstić information content (AvgIpc) is 3.01. The average molecular weight is 384 g/mol. The van der Waals surface area contributed by atoms with Crippen molar-refractivity contribution >= 4 is 38.3 Å². The van der Waals surface area contributed by atoms with Crippen molar-refractivity contribution in [1.82, 2.24) is 19.8 Å². The molecular formula is C16H10BrN5O2. The highest BCUT2D eigenvalue weighted by atomic mass is 79.9. The smallest absolute Gasteiger partial charge is 0.288 e. The fraction of sp³-hybridized carbons (Fsp3) is 0. The maximum absolute atomic E-state index is 11.5. The van der Waals surface area contributed by atoms with E-state index in [-0.39, 0.29) is 5.82 Å². The summed E-state index contributed by atoms with van der Waals surface area (Å²) < 4.78 is 8.15. The molecule has 1 amide bonds. The van der Waals surface area contributed by atoms with E-state index in [1.807, 2.05) is 48.5 Å². The molecule has 0 fully saturated rings. The second kappa shape index (κ2) is 5.57. The van der Waals surface area contributed by atoms with Gasteiger partial charge in [-0.1, -0.05) is 34.1 Å². The largest absolute Gasteiger partial charge is 0.437 e. The van der Waals surface area contributed by atoms with Crippen molar-refractivity contribution in [3.8, 4) is 11.6 Å². The number of carbonyl (C=O) groups is 1. The molecular weight excluding hydrogens is 374 g/mol. The predicted molar refractivity (Wildman–Crippen MR) is 91.0 cm³/mol. The summed E-state index contributed by atoms with van der Waals surface area (Å²) in [6, 6.07) is 14.8. The zero-order chi connectivity index (χ0) is 16.7. The monoisotopic (exact) mass is 383 g/mol. The van der Waals surface area contributed by atoms with Gasteiger partial charge >= 0.3 is 0 Å². The Hall–Kier alpha value is -3.00. The Balaban J connectivity index is 1.96. The summed E-state index contributed by atoms with van der Waals surface area (Å²) in [6.45, 7) is 0. The number of ether oxygens (including phenoxy) is 1. The second-order valence-electron chi connectivity index (χ2n) is 5.03. The number of amides is 1. The van der Waals surface area contributed by atoms with Gasteiger partial charge in [0.1, 0.15) is 5.75 Å². The van der Waals surface area contributed by atoms with Crippen LogP contribution in [0.1, 0.15) is 10.6 Å². The molecule has 0 spiro atoms. The lowest BCUT2D eigenvalue weighted by Gasteiger charge is -2.09. The zero-order valence-corrected chi connectivity index (χ0v) is 13.8. The molecule has 4 aromatic rings. The molecule has 7 nitrogen and oxygen atoms in total. The van der Waals surface area contributed by atoms with Crippen LogP contribution in [0, 0.1) is 0 Å². The maximum Gasteiger partial charge on any atom is 0.288 e. The van der Waals surface area contributed by atoms with E-state index >= 15 is 0 Å². The van der Waals surface area contributed by atoms with Crippen LogP contribution in [0.4, 0.5) is 0 Å². The van der Waals surface area contributed by atoms with E-state index in [4.69, 9.17) is 10.5 Å². The number of hydrogen-bond donors (Lipinski definition) is 1. The Labute approximate surface area is 144 Å². The highest BCUT2D eigenvalue weighted by Crippen LogP contribution is 2.30. The Morgan fingerprint density at radius 1 is 1.04 bits per heavy atom. The Kier molecular flexibility index (Phi) is 3.39. The summed E-state index contributed by atoms with van der Waals surface area (Å²) in [7, 11) is 0. The quantitative estimate of drug-likeness (QED) is 0.586. The number of nitrogens with zero attached hydrogens (tertiary/aromatic N) is 4. The first-order chi connectivity index (χ1) is 11.6. The van der Waals surface area contributed by atoms with Crippen LogP contribution in [0.3, 0.4) is 0 Å². The minimum atomic E-state index is -0.708. The molecule has 0 saturated carbocycles. The second-order valence-corrected chi connectivity index (χ2v) is 5.95. The molecule has 0 radical (unpaired) electrons.